The van der Waals surface area contributed by atoms with Crippen LogP contribution in [-0.2, 0) is 19.1 Å². The molecule has 3 amide bonds. The van der Waals surface area contributed by atoms with Crippen molar-refractivity contribution in [3.63, 3.8) is 0 Å². The number of amides is 3. The van der Waals surface area contributed by atoms with Gasteiger partial charge in [-0.3, -0.25) is 19.3 Å². The van der Waals surface area contributed by atoms with Crippen molar-refractivity contribution in [1.29, 1.82) is 0 Å². The van der Waals surface area contributed by atoms with Gasteiger partial charge in [-0.05, 0) is 49.2 Å². The van der Waals surface area contributed by atoms with E-state index in [-0.39, 0.29) is 42.1 Å². The van der Waals surface area contributed by atoms with Gasteiger partial charge in [0.05, 0.1) is 11.3 Å². The van der Waals surface area contributed by atoms with Crippen molar-refractivity contribution in [2.24, 2.45) is 0 Å². The Hall–Kier alpha value is -4.02. The minimum atomic E-state index is -2.97. The summed E-state index contributed by atoms with van der Waals surface area (Å²) in [6.45, 7) is -3.63. The topological polar surface area (TPSA) is 105 Å². The number of carbonyl (C=O) groups is 4. The molecule has 35 heavy (non-hydrogen) atoms. The molecule has 2 aromatic rings. The Bertz CT molecular complexity index is 1200. The predicted molar refractivity (Wildman–Crippen MR) is 118 cm³/mol. The van der Waals surface area contributed by atoms with Crippen LogP contribution in [0.5, 0.6) is 5.75 Å². The SMILES string of the molecule is O=C(COC(=O)C12CCC(=O)N1c1ccccc1C(=O)N2C1CC1)Nc1ccc(OC(F)F)cc1. The van der Waals surface area contributed by atoms with Crippen molar-refractivity contribution >= 4 is 35.1 Å². The monoisotopic (exact) mass is 485 g/mol. The first-order chi connectivity index (χ1) is 16.8. The third-order valence-corrected chi connectivity index (χ3v) is 6.24. The van der Waals surface area contributed by atoms with Gasteiger partial charge in [0, 0.05) is 24.6 Å². The van der Waals surface area contributed by atoms with Crippen molar-refractivity contribution in [3.05, 3.63) is 54.1 Å². The summed E-state index contributed by atoms with van der Waals surface area (Å²) in [5.74, 6) is -2.25. The summed E-state index contributed by atoms with van der Waals surface area (Å²) in [7, 11) is 0. The molecule has 1 unspecified atom stereocenters. The summed E-state index contributed by atoms with van der Waals surface area (Å²) in [6.07, 6.45) is 1.53. The molecular weight excluding hydrogens is 464 g/mol. The summed E-state index contributed by atoms with van der Waals surface area (Å²) in [5.41, 5.74) is -0.664. The van der Waals surface area contributed by atoms with E-state index in [0.717, 1.165) is 0 Å². The zero-order valence-corrected chi connectivity index (χ0v) is 18.4. The van der Waals surface area contributed by atoms with E-state index in [1.807, 2.05) is 0 Å². The first kappa shape index (κ1) is 22.8. The van der Waals surface area contributed by atoms with Gasteiger partial charge in [-0.25, -0.2) is 4.79 Å². The Morgan fingerprint density at radius 2 is 1.80 bits per heavy atom. The molecule has 9 nitrogen and oxygen atoms in total. The Morgan fingerprint density at radius 1 is 1.09 bits per heavy atom. The molecule has 1 N–H and O–H groups in total. The number of ether oxygens (including phenoxy) is 2. The van der Waals surface area contributed by atoms with Gasteiger partial charge in [0.15, 0.2) is 6.61 Å². The Morgan fingerprint density at radius 3 is 2.49 bits per heavy atom. The fourth-order valence-corrected chi connectivity index (χ4v) is 4.68. The maximum absolute atomic E-state index is 13.5. The molecule has 0 bridgehead atoms. The van der Waals surface area contributed by atoms with Crippen LogP contribution in [0.15, 0.2) is 48.5 Å². The number of hydrogen-bond acceptors (Lipinski definition) is 6. The van der Waals surface area contributed by atoms with Gasteiger partial charge in [0.1, 0.15) is 5.75 Å². The Balaban J connectivity index is 1.34. The molecule has 1 saturated heterocycles. The van der Waals surface area contributed by atoms with Gasteiger partial charge in [0.2, 0.25) is 11.6 Å². The number of benzene rings is 2. The smallest absolute Gasteiger partial charge is 0.387 e. The molecule has 2 aromatic carbocycles. The Labute approximate surface area is 198 Å². The van der Waals surface area contributed by atoms with Crippen LogP contribution >= 0.6 is 0 Å². The second-order valence-corrected chi connectivity index (χ2v) is 8.50. The first-order valence-electron chi connectivity index (χ1n) is 11.1. The molecule has 1 saturated carbocycles. The average molecular weight is 485 g/mol. The van der Waals surface area contributed by atoms with Gasteiger partial charge in [0.25, 0.3) is 11.8 Å². The molecule has 2 heterocycles. The largest absolute Gasteiger partial charge is 0.452 e. The molecule has 2 aliphatic heterocycles. The fourth-order valence-electron chi connectivity index (χ4n) is 4.68. The predicted octanol–water partition coefficient (Wildman–Crippen LogP) is 2.91. The highest BCUT2D eigenvalue weighted by Gasteiger charge is 2.64. The molecule has 11 heteroatoms. The third-order valence-electron chi connectivity index (χ3n) is 6.24. The number of nitrogens with one attached hydrogen (secondary N) is 1. The van der Waals surface area contributed by atoms with Gasteiger partial charge in [-0.2, -0.15) is 8.78 Å². The molecule has 0 radical (unpaired) electrons. The second-order valence-electron chi connectivity index (χ2n) is 8.50. The number of alkyl halides is 2. The van der Waals surface area contributed by atoms with Gasteiger partial charge < -0.3 is 19.7 Å². The van der Waals surface area contributed by atoms with E-state index in [1.54, 1.807) is 24.3 Å². The van der Waals surface area contributed by atoms with Crippen LogP contribution in [0.4, 0.5) is 20.2 Å². The lowest BCUT2D eigenvalue weighted by Crippen LogP contribution is -2.69. The molecule has 1 aliphatic carbocycles. The molecule has 5 rings (SSSR count). The van der Waals surface area contributed by atoms with Crippen molar-refractivity contribution < 1.29 is 37.4 Å². The van der Waals surface area contributed by atoms with E-state index in [2.05, 4.69) is 10.1 Å². The summed E-state index contributed by atoms with van der Waals surface area (Å²) in [4.78, 5) is 54.9. The molecule has 182 valence electrons. The molecule has 2 fully saturated rings. The quantitative estimate of drug-likeness (QED) is 0.605. The number of para-hydroxylation sites is 1. The average Bonchev–Trinajstić information content (AvgIpc) is 3.60. The molecular formula is C24H21F2N3O6. The third kappa shape index (κ3) is 3.96. The summed E-state index contributed by atoms with van der Waals surface area (Å²) < 4.78 is 34.2. The van der Waals surface area contributed by atoms with E-state index < -0.39 is 30.8 Å². The number of nitrogens with zero attached hydrogens (tertiary/aromatic N) is 2. The van der Waals surface area contributed by atoms with E-state index in [1.165, 1.54) is 34.1 Å². The van der Waals surface area contributed by atoms with Crippen molar-refractivity contribution in [2.75, 3.05) is 16.8 Å². The van der Waals surface area contributed by atoms with Crippen LogP contribution in [-0.4, -0.2) is 53.5 Å². The van der Waals surface area contributed by atoms with Crippen molar-refractivity contribution in [1.82, 2.24) is 4.90 Å². The number of carbonyl (C=O) groups excluding carboxylic acids is 4. The minimum absolute atomic E-state index is 0.0547. The molecule has 3 aliphatic rings. The highest BCUT2D eigenvalue weighted by molar-refractivity contribution is 6.16. The van der Waals surface area contributed by atoms with Crippen LogP contribution < -0.4 is 15.0 Å². The normalized spacial score (nSPS) is 21.0. The zero-order valence-electron chi connectivity index (χ0n) is 18.4. The maximum atomic E-state index is 13.5. The van der Waals surface area contributed by atoms with Crippen molar-refractivity contribution in [2.45, 2.75) is 44.0 Å². The number of rotatable bonds is 7. The van der Waals surface area contributed by atoms with Gasteiger partial charge in [-0.1, -0.05) is 12.1 Å². The van der Waals surface area contributed by atoms with E-state index in [9.17, 15) is 28.0 Å². The van der Waals surface area contributed by atoms with Crippen LogP contribution in [0, 0.1) is 0 Å². The van der Waals surface area contributed by atoms with Gasteiger partial charge in [-0.15, -0.1) is 0 Å². The standard InChI is InChI=1S/C24H21F2N3O6/c25-23(26)35-16-9-5-14(6-10-16)27-19(30)13-34-22(33)24-12-11-20(31)29(24)18-4-2-1-3-17(18)21(32)28(24)15-7-8-15/h1-6,9-10,15,23H,7-8,11-13H2,(H,27,30). The van der Waals surface area contributed by atoms with E-state index in [4.69, 9.17) is 4.74 Å². The molecule has 1 atom stereocenters. The second kappa shape index (κ2) is 8.64. The molecule has 0 aromatic heterocycles. The number of hydrogen-bond donors (Lipinski definition) is 1. The van der Waals surface area contributed by atoms with E-state index >= 15 is 0 Å². The van der Waals surface area contributed by atoms with Crippen molar-refractivity contribution in [3.8, 4) is 5.75 Å². The van der Waals surface area contributed by atoms with Crippen LogP contribution in [0.25, 0.3) is 0 Å². The Kier molecular flexibility index (Phi) is 5.62. The van der Waals surface area contributed by atoms with Gasteiger partial charge >= 0.3 is 12.6 Å². The highest BCUT2D eigenvalue weighted by Crippen LogP contribution is 2.49. The summed E-state index contributed by atoms with van der Waals surface area (Å²) in [5, 5.41) is 2.50. The van der Waals surface area contributed by atoms with Crippen LogP contribution in [0.1, 0.15) is 36.0 Å². The molecule has 0 spiro atoms. The summed E-state index contributed by atoms with van der Waals surface area (Å²) in [6, 6.07) is 11.7. The number of esters is 1. The minimum Gasteiger partial charge on any atom is -0.452 e. The zero-order chi connectivity index (χ0) is 24.7. The lowest BCUT2D eigenvalue weighted by Gasteiger charge is -2.48. The highest BCUT2D eigenvalue weighted by atomic mass is 19.3. The number of fused-ring (bicyclic) bond motifs is 3. The van der Waals surface area contributed by atoms with Crippen LogP contribution in [0.2, 0.25) is 0 Å². The van der Waals surface area contributed by atoms with Crippen LogP contribution in [0.3, 0.4) is 0 Å². The number of halogens is 2. The first-order valence-corrected chi connectivity index (χ1v) is 11.1. The van der Waals surface area contributed by atoms with E-state index in [0.29, 0.717) is 24.1 Å². The maximum Gasteiger partial charge on any atom is 0.387 e. The fraction of sp³-hybridized carbons (Fsp3) is 0.333. The number of anilines is 2. The lowest BCUT2D eigenvalue weighted by molar-refractivity contribution is -0.159. The lowest BCUT2D eigenvalue weighted by atomic mass is 9.96. The summed E-state index contributed by atoms with van der Waals surface area (Å²) >= 11 is 0.